The average molecular weight is 526 g/mol. The molecule has 0 bridgehead atoms. The SMILES string of the molecule is C=CCn1c(COc2cc(C)ccc2C)nnc1SCC(=O)Nc1nc(-c2ccc(Cl)cc2)cs1. The van der Waals surface area contributed by atoms with Crippen LogP contribution in [0.15, 0.2) is 65.7 Å². The lowest BCUT2D eigenvalue weighted by Gasteiger charge is -2.11. The summed E-state index contributed by atoms with van der Waals surface area (Å²) in [7, 11) is 0. The highest BCUT2D eigenvalue weighted by Gasteiger charge is 2.15. The summed E-state index contributed by atoms with van der Waals surface area (Å²) >= 11 is 8.62. The molecule has 4 aromatic rings. The van der Waals surface area contributed by atoms with Crippen molar-refractivity contribution in [1.29, 1.82) is 0 Å². The Hall–Kier alpha value is -3.14. The number of carbonyl (C=O) groups is 1. The molecule has 0 unspecified atom stereocenters. The Balaban J connectivity index is 1.36. The number of aromatic nitrogens is 4. The zero-order chi connectivity index (χ0) is 24.8. The second-order valence-corrected chi connectivity index (χ2v) is 9.97. The van der Waals surface area contributed by atoms with Crippen molar-refractivity contribution >= 4 is 45.7 Å². The van der Waals surface area contributed by atoms with Crippen LogP contribution in [0.4, 0.5) is 5.13 Å². The summed E-state index contributed by atoms with van der Waals surface area (Å²) in [4.78, 5) is 17.0. The van der Waals surface area contributed by atoms with Crippen LogP contribution in [0.2, 0.25) is 5.02 Å². The summed E-state index contributed by atoms with van der Waals surface area (Å²) < 4.78 is 7.89. The lowest BCUT2D eigenvalue weighted by atomic mass is 10.1. The summed E-state index contributed by atoms with van der Waals surface area (Å²) in [6, 6.07) is 13.5. The van der Waals surface area contributed by atoms with Crippen LogP contribution in [0, 0.1) is 13.8 Å². The molecule has 4 rings (SSSR count). The highest BCUT2D eigenvalue weighted by atomic mass is 35.5. The molecule has 0 saturated heterocycles. The monoisotopic (exact) mass is 525 g/mol. The number of halogens is 1. The van der Waals surface area contributed by atoms with E-state index in [4.69, 9.17) is 16.3 Å². The number of nitrogens with zero attached hydrogens (tertiary/aromatic N) is 4. The third kappa shape index (κ3) is 6.50. The van der Waals surface area contributed by atoms with Gasteiger partial charge in [0.05, 0.1) is 11.4 Å². The van der Waals surface area contributed by atoms with Crippen LogP contribution in [-0.4, -0.2) is 31.4 Å². The van der Waals surface area contributed by atoms with Crippen molar-refractivity contribution < 1.29 is 9.53 Å². The Morgan fingerprint density at radius 1 is 1.23 bits per heavy atom. The standard InChI is InChI=1S/C25H24ClN5O2S2/c1-4-11-31-22(13-33-21-12-16(2)5-6-17(21)3)29-30-25(31)35-15-23(32)28-24-27-20(14-34-24)18-7-9-19(26)10-8-18/h4-10,12,14H,1,11,13,15H2,2-3H3,(H,27,28,32). The molecular formula is C25H24ClN5O2S2. The number of hydrogen-bond donors (Lipinski definition) is 1. The number of anilines is 1. The van der Waals surface area contributed by atoms with Crippen LogP contribution < -0.4 is 10.1 Å². The number of thiazole rings is 1. The van der Waals surface area contributed by atoms with Gasteiger partial charge in [-0.15, -0.1) is 28.1 Å². The van der Waals surface area contributed by atoms with Gasteiger partial charge < -0.3 is 10.1 Å². The highest BCUT2D eigenvalue weighted by molar-refractivity contribution is 7.99. The van der Waals surface area contributed by atoms with Gasteiger partial charge in [-0.2, -0.15) is 0 Å². The second-order valence-electron chi connectivity index (χ2n) is 7.74. The molecule has 0 aliphatic rings. The number of carbonyl (C=O) groups excluding carboxylic acids is 1. The first-order valence-electron chi connectivity index (χ1n) is 10.8. The van der Waals surface area contributed by atoms with Gasteiger partial charge in [0.2, 0.25) is 5.91 Å². The molecule has 0 atom stereocenters. The third-order valence-corrected chi connectivity index (χ3v) is 7.00. The fourth-order valence-corrected chi connectivity index (χ4v) is 4.85. The van der Waals surface area contributed by atoms with Gasteiger partial charge in [-0.25, -0.2) is 4.98 Å². The first kappa shape index (κ1) is 25.0. The lowest BCUT2D eigenvalue weighted by Crippen LogP contribution is -2.15. The van der Waals surface area contributed by atoms with Gasteiger partial charge in [-0.3, -0.25) is 9.36 Å². The van der Waals surface area contributed by atoms with Gasteiger partial charge in [0.15, 0.2) is 16.1 Å². The molecule has 1 amide bonds. The minimum absolute atomic E-state index is 0.170. The van der Waals surface area contributed by atoms with Crippen molar-refractivity contribution in [2.75, 3.05) is 11.1 Å². The molecule has 2 aromatic carbocycles. The molecule has 0 spiro atoms. The fourth-order valence-electron chi connectivity index (χ4n) is 3.22. The Kier molecular flexibility index (Phi) is 8.22. The summed E-state index contributed by atoms with van der Waals surface area (Å²) in [6.07, 6.45) is 1.77. The van der Waals surface area contributed by atoms with E-state index >= 15 is 0 Å². The van der Waals surface area contributed by atoms with Crippen molar-refractivity contribution in [1.82, 2.24) is 19.7 Å². The topological polar surface area (TPSA) is 81.9 Å². The van der Waals surface area contributed by atoms with Crippen LogP contribution in [0.3, 0.4) is 0 Å². The zero-order valence-corrected chi connectivity index (χ0v) is 21.7. The van der Waals surface area contributed by atoms with Gasteiger partial charge in [0.1, 0.15) is 12.4 Å². The van der Waals surface area contributed by atoms with E-state index in [1.807, 2.05) is 66.3 Å². The molecule has 7 nitrogen and oxygen atoms in total. The van der Waals surface area contributed by atoms with Gasteiger partial charge in [0.25, 0.3) is 0 Å². The molecule has 2 aromatic heterocycles. The molecule has 0 saturated carbocycles. The summed E-state index contributed by atoms with van der Waals surface area (Å²) in [5.74, 6) is 1.48. The number of benzene rings is 2. The molecule has 2 heterocycles. The maximum Gasteiger partial charge on any atom is 0.236 e. The number of nitrogens with one attached hydrogen (secondary N) is 1. The van der Waals surface area contributed by atoms with Crippen LogP contribution in [0.1, 0.15) is 17.0 Å². The minimum Gasteiger partial charge on any atom is -0.485 e. The quantitative estimate of drug-likeness (QED) is 0.197. The van der Waals surface area contributed by atoms with Crippen molar-refractivity contribution in [3.05, 3.63) is 82.5 Å². The number of rotatable bonds is 10. The van der Waals surface area contributed by atoms with E-state index in [0.29, 0.717) is 27.7 Å². The lowest BCUT2D eigenvalue weighted by molar-refractivity contribution is -0.113. The van der Waals surface area contributed by atoms with Gasteiger partial charge in [-0.05, 0) is 43.2 Å². The van der Waals surface area contributed by atoms with E-state index in [9.17, 15) is 4.79 Å². The van der Waals surface area contributed by atoms with E-state index in [1.165, 1.54) is 23.1 Å². The predicted octanol–water partition coefficient (Wildman–Crippen LogP) is 6.17. The van der Waals surface area contributed by atoms with E-state index in [2.05, 4.69) is 27.1 Å². The Bertz CT molecular complexity index is 1330. The van der Waals surface area contributed by atoms with E-state index in [0.717, 1.165) is 28.1 Å². The van der Waals surface area contributed by atoms with E-state index < -0.39 is 0 Å². The predicted molar refractivity (Wildman–Crippen MR) is 142 cm³/mol. The molecular weight excluding hydrogens is 502 g/mol. The van der Waals surface area contributed by atoms with Crippen molar-refractivity contribution in [3.63, 3.8) is 0 Å². The smallest absolute Gasteiger partial charge is 0.236 e. The van der Waals surface area contributed by atoms with E-state index in [-0.39, 0.29) is 18.3 Å². The van der Waals surface area contributed by atoms with Crippen molar-refractivity contribution in [2.24, 2.45) is 0 Å². The van der Waals surface area contributed by atoms with Gasteiger partial charge >= 0.3 is 0 Å². The molecule has 0 aliphatic heterocycles. The van der Waals surface area contributed by atoms with Gasteiger partial charge in [0, 0.05) is 22.5 Å². The normalized spacial score (nSPS) is 10.8. The molecule has 0 aliphatic carbocycles. The highest BCUT2D eigenvalue weighted by Crippen LogP contribution is 2.27. The molecule has 0 radical (unpaired) electrons. The average Bonchev–Trinajstić information content (AvgIpc) is 3.46. The first-order valence-corrected chi connectivity index (χ1v) is 13.0. The Labute approximate surface area is 217 Å². The number of thioether (sulfide) groups is 1. The first-order chi connectivity index (χ1) is 16.9. The van der Waals surface area contributed by atoms with Crippen LogP contribution >= 0.6 is 34.7 Å². The van der Waals surface area contributed by atoms with E-state index in [1.54, 1.807) is 6.08 Å². The van der Waals surface area contributed by atoms with Crippen molar-refractivity contribution in [2.45, 2.75) is 32.2 Å². The van der Waals surface area contributed by atoms with Crippen molar-refractivity contribution in [3.8, 4) is 17.0 Å². The number of hydrogen-bond acceptors (Lipinski definition) is 7. The van der Waals surface area contributed by atoms with Crippen LogP contribution in [0.25, 0.3) is 11.3 Å². The Morgan fingerprint density at radius 3 is 2.80 bits per heavy atom. The Morgan fingerprint density at radius 2 is 2.03 bits per heavy atom. The number of ether oxygens (including phenoxy) is 1. The molecule has 1 N–H and O–H groups in total. The molecule has 180 valence electrons. The maximum absolute atomic E-state index is 12.5. The summed E-state index contributed by atoms with van der Waals surface area (Å²) in [5, 5.41) is 15.1. The minimum atomic E-state index is -0.173. The molecule has 35 heavy (non-hydrogen) atoms. The van der Waals surface area contributed by atoms with Crippen LogP contribution in [0.5, 0.6) is 5.75 Å². The maximum atomic E-state index is 12.5. The number of aryl methyl sites for hydroxylation is 2. The fraction of sp³-hybridized carbons (Fsp3) is 0.200. The largest absolute Gasteiger partial charge is 0.485 e. The summed E-state index contributed by atoms with van der Waals surface area (Å²) in [5.41, 5.74) is 3.90. The zero-order valence-electron chi connectivity index (χ0n) is 19.3. The third-order valence-electron chi connectivity index (χ3n) is 5.03. The molecule has 0 fully saturated rings. The molecule has 10 heteroatoms. The number of allylic oxidation sites excluding steroid dienone is 1. The summed E-state index contributed by atoms with van der Waals surface area (Å²) in [6.45, 7) is 8.63. The van der Waals surface area contributed by atoms with Gasteiger partial charge in [-0.1, -0.05) is 53.7 Å². The van der Waals surface area contributed by atoms with Crippen LogP contribution in [-0.2, 0) is 17.9 Å². The number of amides is 1. The second kappa shape index (κ2) is 11.5.